The summed E-state index contributed by atoms with van der Waals surface area (Å²) in [6.45, 7) is -1.37. The molecule has 0 radical (unpaired) electrons. The highest BCUT2D eigenvalue weighted by molar-refractivity contribution is 6.42. The summed E-state index contributed by atoms with van der Waals surface area (Å²) in [6, 6.07) is 4.73. The molecule has 21 heavy (non-hydrogen) atoms. The summed E-state index contributed by atoms with van der Waals surface area (Å²) in [7, 11) is 0. The molecule has 1 aromatic rings. The quantitative estimate of drug-likeness (QED) is 0.435. The number of benzene rings is 1. The Morgan fingerprint density at radius 1 is 1.10 bits per heavy atom. The van der Waals surface area contributed by atoms with Crippen LogP contribution in [0, 0.1) is 0 Å². The van der Waals surface area contributed by atoms with Gasteiger partial charge in [-0.3, -0.25) is 0 Å². The smallest absolute Gasteiger partial charge is 0.121 e. The van der Waals surface area contributed by atoms with Crippen LogP contribution in [-0.4, -0.2) is 65.0 Å². The lowest BCUT2D eigenvalue weighted by molar-refractivity contribution is 0.0261. The Kier molecular flexibility index (Phi) is 7.69. The minimum atomic E-state index is -1.23. The van der Waals surface area contributed by atoms with Gasteiger partial charge in [0, 0.05) is 12.6 Å². The molecule has 8 heteroatoms. The molecule has 0 bridgehead atoms. The molecule has 5 N–H and O–H groups in total. The number of hydrogen-bond donors (Lipinski definition) is 5. The fourth-order valence-electron chi connectivity index (χ4n) is 1.47. The van der Waals surface area contributed by atoms with Crippen molar-refractivity contribution in [2.24, 2.45) is 0 Å². The van der Waals surface area contributed by atoms with E-state index in [0.29, 0.717) is 15.8 Å². The molecule has 1 atom stereocenters. The fraction of sp³-hybridized carbons (Fsp3) is 0.538. The molecule has 0 saturated heterocycles. The Bertz CT molecular complexity index is 434. The second kappa shape index (κ2) is 8.75. The standard InChI is InChI=1S/C13H19Cl2NO5/c14-11-2-1-10(3-12(11)15)21-5-9(20)4-16-13(6-17,7-18)8-19/h1-3,9,16-20H,4-8H2. The van der Waals surface area contributed by atoms with Crippen LogP contribution in [0.1, 0.15) is 0 Å². The summed E-state index contributed by atoms with van der Waals surface area (Å²) in [5, 5.41) is 40.7. The molecule has 0 heterocycles. The summed E-state index contributed by atoms with van der Waals surface area (Å²) < 4.78 is 5.35. The van der Waals surface area contributed by atoms with Crippen molar-refractivity contribution in [1.29, 1.82) is 0 Å². The molecule has 0 aliphatic carbocycles. The maximum absolute atomic E-state index is 9.79. The molecule has 6 nitrogen and oxygen atoms in total. The molecule has 1 rings (SSSR count). The van der Waals surface area contributed by atoms with E-state index in [1.54, 1.807) is 12.1 Å². The molecule has 0 amide bonds. The second-order valence-corrected chi connectivity index (χ2v) is 5.49. The lowest BCUT2D eigenvalue weighted by atomic mass is 10.0. The van der Waals surface area contributed by atoms with Crippen molar-refractivity contribution in [3.8, 4) is 5.75 Å². The van der Waals surface area contributed by atoms with E-state index in [2.05, 4.69) is 5.32 Å². The zero-order valence-electron chi connectivity index (χ0n) is 11.3. The highest BCUT2D eigenvalue weighted by Crippen LogP contribution is 2.26. The third-order valence-electron chi connectivity index (χ3n) is 2.95. The van der Waals surface area contributed by atoms with Crippen LogP contribution >= 0.6 is 23.2 Å². The van der Waals surface area contributed by atoms with E-state index >= 15 is 0 Å². The van der Waals surface area contributed by atoms with Crippen LogP contribution in [-0.2, 0) is 0 Å². The van der Waals surface area contributed by atoms with E-state index in [1.165, 1.54) is 6.07 Å². The first-order valence-electron chi connectivity index (χ1n) is 6.30. The zero-order valence-corrected chi connectivity index (χ0v) is 12.8. The second-order valence-electron chi connectivity index (χ2n) is 4.68. The molecular formula is C13H19Cl2NO5. The summed E-state index contributed by atoms with van der Waals surface area (Å²) in [6.07, 6.45) is -0.900. The Balaban J connectivity index is 2.43. The summed E-state index contributed by atoms with van der Waals surface area (Å²) >= 11 is 11.6. The highest BCUT2D eigenvalue weighted by Gasteiger charge is 2.28. The number of rotatable bonds is 9. The zero-order chi connectivity index (χ0) is 15.9. The predicted molar refractivity (Wildman–Crippen MR) is 80.0 cm³/mol. The number of aliphatic hydroxyl groups excluding tert-OH is 4. The highest BCUT2D eigenvalue weighted by atomic mass is 35.5. The van der Waals surface area contributed by atoms with Crippen LogP contribution in [0.25, 0.3) is 0 Å². The Morgan fingerprint density at radius 2 is 1.71 bits per heavy atom. The largest absolute Gasteiger partial charge is 0.491 e. The van der Waals surface area contributed by atoms with Gasteiger partial charge >= 0.3 is 0 Å². The van der Waals surface area contributed by atoms with E-state index < -0.39 is 31.5 Å². The van der Waals surface area contributed by atoms with Gasteiger partial charge in [-0.25, -0.2) is 0 Å². The average Bonchev–Trinajstić information content (AvgIpc) is 2.50. The lowest BCUT2D eigenvalue weighted by Crippen LogP contribution is -2.57. The van der Waals surface area contributed by atoms with Gasteiger partial charge in [0.05, 0.1) is 35.4 Å². The molecule has 1 unspecified atom stereocenters. The summed E-state index contributed by atoms with van der Waals surface area (Å²) in [4.78, 5) is 0. The van der Waals surface area contributed by atoms with Gasteiger partial charge in [0.1, 0.15) is 18.5 Å². The van der Waals surface area contributed by atoms with Gasteiger partial charge in [-0.2, -0.15) is 0 Å². The first-order chi connectivity index (χ1) is 9.96. The molecule has 0 aromatic heterocycles. The normalized spacial score (nSPS) is 13.2. The first kappa shape index (κ1) is 18.4. The number of β-amino-alcohol motifs (C(OH)–C–C–N with tert-alkyl or cyclic N) is 1. The lowest BCUT2D eigenvalue weighted by Gasteiger charge is -2.29. The van der Waals surface area contributed by atoms with E-state index in [0.717, 1.165) is 0 Å². The molecular weight excluding hydrogens is 321 g/mol. The van der Waals surface area contributed by atoms with E-state index in [1.807, 2.05) is 0 Å². The van der Waals surface area contributed by atoms with Gasteiger partial charge in [-0.1, -0.05) is 23.2 Å². The van der Waals surface area contributed by atoms with Crippen molar-refractivity contribution in [2.45, 2.75) is 11.6 Å². The molecule has 0 aliphatic rings. The van der Waals surface area contributed by atoms with Crippen molar-refractivity contribution in [3.05, 3.63) is 28.2 Å². The topological polar surface area (TPSA) is 102 Å². The Hall–Kier alpha value is -0.600. The molecule has 0 aliphatic heterocycles. The van der Waals surface area contributed by atoms with Crippen molar-refractivity contribution in [2.75, 3.05) is 33.0 Å². The Morgan fingerprint density at radius 3 is 2.24 bits per heavy atom. The first-order valence-corrected chi connectivity index (χ1v) is 7.05. The van der Waals surface area contributed by atoms with Crippen molar-refractivity contribution in [1.82, 2.24) is 5.32 Å². The van der Waals surface area contributed by atoms with E-state index in [4.69, 9.17) is 43.3 Å². The van der Waals surface area contributed by atoms with Gasteiger partial charge in [0.25, 0.3) is 0 Å². The van der Waals surface area contributed by atoms with Gasteiger partial charge in [-0.05, 0) is 12.1 Å². The Labute approximate surface area is 132 Å². The molecule has 120 valence electrons. The van der Waals surface area contributed by atoms with Gasteiger partial charge in [-0.15, -0.1) is 0 Å². The van der Waals surface area contributed by atoms with Crippen molar-refractivity contribution in [3.63, 3.8) is 0 Å². The molecule has 0 fully saturated rings. The van der Waals surface area contributed by atoms with Gasteiger partial charge in [0.15, 0.2) is 0 Å². The molecule has 0 spiro atoms. The van der Waals surface area contributed by atoms with Crippen LogP contribution in [0.2, 0.25) is 10.0 Å². The van der Waals surface area contributed by atoms with Crippen LogP contribution < -0.4 is 10.1 Å². The SMILES string of the molecule is OCC(CO)(CO)NCC(O)COc1ccc(Cl)c(Cl)c1. The van der Waals surface area contributed by atoms with Gasteiger partial charge in [0.2, 0.25) is 0 Å². The molecule has 1 aromatic carbocycles. The third-order valence-corrected chi connectivity index (χ3v) is 3.69. The van der Waals surface area contributed by atoms with Crippen LogP contribution in [0.5, 0.6) is 5.75 Å². The predicted octanol–water partition coefficient (Wildman–Crippen LogP) is 0.0384. The van der Waals surface area contributed by atoms with Crippen LogP contribution in [0.3, 0.4) is 0 Å². The monoisotopic (exact) mass is 339 g/mol. The number of ether oxygens (including phenoxy) is 1. The number of aliphatic hydroxyl groups is 4. The third kappa shape index (κ3) is 5.60. The average molecular weight is 340 g/mol. The van der Waals surface area contributed by atoms with E-state index in [-0.39, 0.29) is 13.2 Å². The number of halogens is 2. The minimum Gasteiger partial charge on any atom is -0.491 e. The summed E-state index contributed by atoms with van der Waals surface area (Å²) in [5.74, 6) is 0.459. The number of hydrogen-bond acceptors (Lipinski definition) is 6. The maximum atomic E-state index is 9.79. The van der Waals surface area contributed by atoms with Crippen molar-refractivity contribution < 1.29 is 25.2 Å². The molecule has 0 saturated carbocycles. The fourth-order valence-corrected chi connectivity index (χ4v) is 1.76. The van der Waals surface area contributed by atoms with Crippen LogP contribution in [0.15, 0.2) is 18.2 Å². The minimum absolute atomic E-state index is 0.0245. The van der Waals surface area contributed by atoms with Crippen molar-refractivity contribution >= 4 is 23.2 Å². The number of nitrogens with one attached hydrogen (secondary N) is 1. The van der Waals surface area contributed by atoms with Gasteiger partial charge < -0.3 is 30.5 Å². The van der Waals surface area contributed by atoms with Crippen LogP contribution in [0.4, 0.5) is 0 Å². The van der Waals surface area contributed by atoms with E-state index in [9.17, 15) is 5.11 Å². The summed E-state index contributed by atoms with van der Waals surface area (Å²) in [5.41, 5.74) is -1.23. The maximum Gasteiger partial charge on any atom is 0.121 e.